The number of ether oxygens (including phenoxy) is 4. The summed E-state index contributed by atoms with van der Waals surface area (Å²) in [5.74, 6) is -0.200. The standard InChI is InChI=1S/C8H15NO3.C5H13NO2/c1-9(2)6-5-7(10)8(11-3)12-4;1-6(2)5(7-3)8-4/h5-6,8H,1-4H3;5H,1-4H3. The quantitative estimate of drug-likeness (QED) is 0.473. The molecule has 0 aromatic heterocycles. The van der Waals surface area contributed by atoms with Gasteiger partial charge in [-0.3, -0.25) is 9.69 Å². The van der Waals surface area contributed by atoms with Crippen molar-refractivity contribution in [3.63, 3.8) is 0 Å². The first-order valence-corrected chi connectivity index (χ1v) is 6.00. The number of ketones is 1. The third-order valence-corrected chi connectivity index (χ3v) is 2.02. The first-order chi connectivity index (χ1) is 9.33. The Hall–Kier alpha value is -0.990. The molecule has 7 heteroatoms. The Balaban J connectivity index is 0. The fourth-order valence-electron chi connectivity index (χ4n) is 1.15. The van der Waals surface area contributed by atoms with Crippen LogP contribution in [0.5, 0.6) is 0 Å². The van der Waals surface area contributed by atoms with Crippen molar-refractivity contribution in [2.75, 3.05) is 56.6 Å². The summed E-state index contributed by atoms with van der Waals surface area (Å²) >= 11 is 0. The largest absolute Gasteiger partial charge is 0.383 e. The predicted molar refractivity (Wildman–Crippen MR) is 77.1 cm³/mol. The highest BCUT2D eigenvalue weighted by atomic mass is 16.7. The summed E-state index contributed by atoms with van der Waals surface area (Å²) in [5.41, 5.74) is 0. The van der Waals surface area contributed by atoms with Gasteiger partial charge in [-0.25, -0.2) is 0 Å². The first-order valence-electron chi connectivity index (χ1n) is 6.00. The van der Waals surface area contributed by atoms with Crippen LogP contribution in [0.4, 0.5) is 0 Å². The fraction of sp³-hybridized carbons (Fsp3) is 0.769. The number of carbonyl (C=O) groups excluding carboxylic acids is 1. The Labute approximate surface area is 122 Å². The summed E-state index contributed by atoms with van der Waals surface area (Å²) < 4.78 is 19.2. The van der Waals surface area contributed by atoms with Gasteiger partial charge < -0.3 is 23.8 Å². The van der Waals surface area contributed by atoms with Gasteiger partial charge in [0.05, 0.1) is 0 Å². The molecule has 0 fully saturated rings. The van der Waals surface area contributed by atoms with E-state index in [0.29, 0.717) is 0 Å². The Kier molecular flexibility index (Phi) is 13.9. The van der Waals surface area contributed by atoms with Crippen LogP contribution in [-0.4, -0.2) is 84.9 Å². The Morgan fingerprint density at radius 1 is 0.900 bits per heavy atom. The van der Waals surface area contributed by atoms with Crippen LogP contribution in [0.25, 0.3) is 0 Å². The number of rotatable bonds is 8. The summed E-state index contributed by atoms with van der Waals surface area (Å²) in [7, 11) is 13.5. The zero-order valence-corrected chi connectivity index (χ0v) is 13.7. The molecule has 0 unspecified atom stereocenters. The molecule has 0 amide bonds. The molecule has 0 aliphatic rings. The van der Waals surface area contributed by atoms with Crippen LogP contribution < -0.4 is 0 Å². The van der Waals surface area contributed by atoms with E-state index in [0.717, 1.165) is 0 Å². The predicted octanol–water partition coefficient (Wildman–Crippen LogP) is 0.374. The van der Waals surface area contributed by atoms with E-state index in [4.69, 9.17) is 18.9 Å². The minimum Gasteiger partial charge on any atom is -0.383 e. The number of carbonyl (C=O) groups is 1. The van der Waals surface area contributed by atoms with E-state index in [1.54, 1.807) is 25.3 Å². The van der Waals surface area contributed by atoms with Crippen molar-refractivity contribution in [1.82, 2.24) is 9.80 Å². The van der Waals surface area contributed by atoms with Gasteiger partial charge in [0.15, 0.2) is 0 Å². The maximum atomic E-state index is 11.1. The van der Waals surface area contributed by atoms with Gasteiger partial charge in [0, 0.05) is 54.8 Å². The highest BCUT2D eigenvalue weighted by molar-refractivity contribution is 5.92. The van der Waals surface area contributed by atoms with E-state index < -0.39 is 6.29 Å². The smallest absolute Gasteiger partial charge is 0.221 e. The molecule has 0 aliphatic heterocycles. The highest BCUT2D eigenvalue weighted by Crippen LogP contribution is 1.94. The second-order valence-corrected chi connectivity index (χ2v) is 4.23. The highest BCUT2D eigenvalue weighted by Gasteiger charge is 2.12. The number of hydrogen-bond acceptors (Lipinski definition) is 7. The Morgan fingerprint density at radius 2 is 1.35 bits per heavy atom. The Bertz CT molecular complexity index is 261. The van der Waals surface area contributed by atoms with Gasteiger partial charge in [0.1, 0.15) is 0 Å². The number of methoxy groups -OCH3 is 4. The molecule has 7 nitrogen and oxygen atoms in total. The molecular formula is C13H28N2O5. The number of hydrogen-bond donors (Lipinski definition) is 0. The molecule has 0 aliphatic carbocycles. The lowest BCUT2D eigenvalue weighted by Crippen LogP contribution is -2.30. The van der Waals surface area contributed by atoms with Crippen LogP contribution in [-0.2, 0) is 23.7 Å². The first kappa shape index (κ1) is 21.3. The molecular weight excluding hydrogens is 264 g/mol. The lowest BCUT2D eigenvalue weighted by atomic mass is 10.3. The van der Waals surface area contributed by atoms with Gasteiger partial charge in [-0.15, -0.1) is 0 Å². The second kappa shape index (κ2) is 13.0. The van der Waals surface area contributed by atoms with Crippen molar-refractivity contribution in [3.05, 3.63) is 12.3 Å². The van der Waals surface area contributed by atoms with Crippen LogP contribution in [0, 0.1) is 0 Å². The zero-order chi connectivity index (χ0) is 16.1. The summed E-state index contributed by atoms with van der Waals surface area (Å²) in [4.78, 5) is 14.7. The lowest BCUT2D eigenvalue weighted by molar-refractivity contribution is -0.179. The van der Waals surface area contributed by atoms with Gasteiger partial charge in [-0.2, -0.15) is 0 Å². The maximum absolute atomic E-state index is 11.1. The van der Waals surface area contributed by atoms with Crippen LogP contribution in [0.3, 0.4) is 0 Å². The summed E-state index contributed by atoms with van der Waals surface area (Å²) in [5, 5.41) is 0. The van der Waals surface area contributed by atoms with Crippen molar-refractivity contribution in [3.8, 4) is 0 Å². The Morgan fingerprint density at radius 3 is 1.55 bits per heavy atom. The number of nitrogens with zero attached hydrogens (tertiary/aromatic N) is 2. The van der Waals surface area contributed by atoms with E-state index >= 15 is 0 Å². The fourth-order valence-corrected chi connectivity index (χ4v) is 1.15. The third kappa shape index (κ3) is 10.9. The molecule has 120 valence electrons. The lowest BCUT2D eigenvalue weighted by Gasteiger charge is -2.19. The van der Waals surface area contributed by atoms with Gasteiger partial charge in [-0.05, 0) is 14.1 Å². The van der Waals surface area contributed by atoms with Crippen molar-refractivity contribution in [2.24, 2.45) is 0 Å². The van der Waals surface area contributed by atoms with E-state index in [1.807, 2.05) is 33.1 Å². The average molecular weight is 292 g/mol. The third-order valence-electron chi connectivity index (χ3n) is 2.02. The van der Waals surface area contributed by atoms with Gasteiger partial charge in [-0.1, -0.05) is 0 Å². The molecule has 0 heterocycles. The molecule has 0 bridgehead atoms. The minimum atomic E-state index is -0.791. The molecule has 0 radical (unpaired) electrons. The second-order valence-electron chi connectivity index (χ2n) is 4.23. The molecule has 0 spiro atoms. The van der Waals surface area contributed by atoms with Crippen molar-refractivity contribution < 1.29 is 23.7 Å². The van der Waals surface area contributed by atoms with Gasteiger partial charge in [0.25, 0.3) is 0 Å². The SMILES string of the molecule is COC(OC)C(=O)C=CN(C)C.COC(OC)N(C)C. The summed E-state index contributed by atoms with van der Waals surface area (Å²) in [6.45, 7) is 0. The summed E-state index contributed by atoms with van der Waals surface area (Å²) in [6, 6.07) is 0. The van der Waals surface area contributed by atoms with Gasteiger partial charge >= 0.3 is 0 Å². The zero-order valence-electron chi connectivity index (χ0n) is 13.7. The molecule has 0 rings (SSSR count). The molecule has 0 saturated heterocycles. The molecule has 0 aromatic carbocycles. The maximum Gasteiger partial charge on any atom is 0.221 e. The minimum absolute atomic E-state index is 0.200. The van der Waals surface area contributed by atoms with E-state index in [9.17, 15) is 4.79 Å². The van der Waals surface area contributed by atoms with Crippen LogP contribution in [0.1, 0.15) is 0 Å². The molecule has 20 heavy (non-hydrogen) atoms. The normalized spacial score (nSPS) is 11.2. The molecule has 0 N–H and O–H groups in total. The molecule has 0 saturated carbocycles. The van der Waals surface area contributed by atoms with Crippen LogP contribution in [0.2, 0.25) is 0 Å². The van der Waals surface area contributed by atoms with Crippen LogP contribution >= 0.6 is 0 Å². The van der Waals surface area contributed by atoms with Crippen molar-refractivity contribution in [2.45, 2.75) is 12.7 Å². The topological polar surface area (TPSA) is 60.5 Å². The van der Waals surface area contributed by atoms with Crippen molar-refractivity contribution in [1.29, 1.82) is 0 Å². The van der Waals surface area contributed by atoms with Gasteiger partial charge in [0.2, 0.25) is 18.5 Å². The van der Waals surface area contributed by atoms with Crippen molar-refractivity contribution >= 4 is 5.78 Å². The average Bonchev–Trinajstić information content (AvgIpc) is 2.39. The van der Waals surface area contributed by atoms with Crippen LogP contribution in [0.15, 0.2) is 12.3 Å². The molecule has 0 atom stereocenters. The van der Waals surface area contributed by atoms with E-state index in [2.05, 4.69) is 0 Å². The van der Waals surface area contributed by atoms with E-state index in [-0.39, 0.29) is 12.2 Å². The summed E-state index contributed by atoms with van der Waals surface area (Å²) in [6.07, 6.45) is 2.06. The van der Waals surface area contributed by atoms with E-state index in [1.165, 1.54) is 20.3 Å². The monoisotopic (exact) mass is 292 g/mol. The molecule has 0 aromatic rings.